The van der Waals surface area contributed by atoms with Crippen LogP contribution in [0.25, 0.3) is 0 Å². The average molecular weight is 472 g/mol. The van der Waals surface area contributed by atoms with Crippen molar-refractivity contribution in [3.8, 4) is 0 Å². The van der Waals surface area contributed by atoms with E-state index in [2.05, 4.69) is 26.8 Å². The molecule has 4 rings (SSSR count). The molecule has 0 heterocycles. The van der Waals surface area contributed by atoms with E-state index in [-0.39, 0.29) is 44.8 Å². The molecule has 0 fully saturated rings. The Morgan fingerprint density at radius 2 is 1.77 bits per heavy atom. The summed E-state index contributed by atoms with van der Waals surface area (Å²) in [6, 6.07) is 0. The van der Waals surface area contributed by atoms with Crippen LogP contribution in [0.3, 0.4) is 0 Å². The van der Waals surface area contributed by atoms with Crippen LogP contribution in [0.15, 0.2) is 93.7 Å². The molecule has 4 aliphatic carbocycles. The first-order chi connectivity index (χ1) is 14.0. The van der Waals surface area contributed by atoms with E-state index < -0.39 is 14.9 Å². The smallest absolute Gasteiger partial charge is 0.328 e. The molecular weight excluding hydrogens is 444 g/mol. The minimum absolute atomic E-state index is 0. The van der Waals surface area contributed by atoms with E-state index >= 15 is 0 Å². The molecule has 31 heavy (non-hydrogen) atoms. The second-order valence-corrected chi connectivity index (χ2v) is 12.1. The molecule has 160 valence electrons. The van der Waals surface area contributed by atoms with Crippen LogP contribution in [0, 0.1) is 0 Å². The van der Waals surface area contributed by atoms with E-state index in [0.717, 1.165) is 27.9 Å². The number of allylic oxidation sites excluding steroid dienone is 15. The quantitative estimate of drug-likeness (QED) is 0.435. The van der Waals surface area contributed by atoms with E-state index in [1.54, 1.807) is 6.08 Å². The van der Waals surface area contributed by atoms with Crippen LogP contribution in [-0.2, 0) is 26.2 Å². The number of rotatable bonds is 2. The van der Waals surface area contributed by atoms with Gasteiger partial charge in [0.1, 0.15) is 5.54 Å². The van der Waals surface area contributed by atoms with Gasteiger partial charge in [0.2, 0.25) is 0 Å². The second-order valence-electron chi connectivity index (χ2n) is 9.68. The van der Waals surface area contributed by atoms with Crippen LogP contribution in [0.4, 0.5) is 8.78 Å². The molecular formula is C25H28F2NOSiTi+. The monoisotopic (exact) mass is 472 g/mol. The summed E-state index contributed by atoms with van der Waals surface area (Å²) >= 11 is 0. The Hall–Kier alpha value is -1.53. The van der Waals surface area contributed by atoms with Crippen LogP contribution in [0.5, 0.6) is 0 Å². The standard InChI is InChI=1S/C25H28F2NOSi.Ti/c1-25(2,3)28(4,5)30(29)21-14-8-10-16-9-6-12-18-20(23(16)21)15-17-11-7-13-19(22(17)18)24(26)27;/h6-8,10-12,14-15,21H,9,13H2,1-5H3;/q+1;. The zero-order chi connectivity index (χ0) is 21.8. The Morgan fingerprint density at radius 3 is 2.42 bits per heavy atom. The third-order valence-corrected chi connectivity index (χ3v) is 9.75. The van der Waals surface area contributed by atoms with Crippen molar-refractivity contribution in [3.05, 3.63) is 93.7 Å². The van der Waals surface area contributed by atoms with Crippen molar-refractivity contribution in [1.29, 1.82) is 0 Å². The maximum atomic E-state index is 14.0. The Kier molecular flexibility index (Phi) is 6.56. The Bertz CT molecular complexity index is 1090. The summed E-state index contributed by atoms with van der Waals surface area (Å²) in [5, 5.41) is 0. The Morgan fingerprint density at radius 1 is 1.10 bits per heavy atom. The molecule has 2 nitrogen and oxygen atoms in total. The first-order valence-electron chi connectivity index (χ1n) is 10.4. The largest absolute Gasteiger partial charge is 0.565 e. The van der Waals surface area contributed by atoms with Gasteiger partial charge in [-0.3, -0.25) is 0 Å². The molecule has 0 bridgehead atoms. The Labute approximate surface area is 200 Å². The first-order valence-corrected chi connectivity index (χ1v) is 11.8. The van der Waals surface area contributed by atoms with Crippen LogP contribution in [-0.4, -0.2) is 32.6 Å². The molecule has 0 amide bonds. The summed E-state index contributed by atoms with van der Waals surface area (Å²) in [7, 11) is 1.89. The molecule has 0 aliphatic heterocycles. The fourth-order valence-corrected chi connectivity index (χ4v) is 6.63. The van der Waals surface area contributed by atoms with Gasteiger partial charge in [0, 0.05) is 27.3 Å². The van der Waals surface area contributed by atoms with Gasteiger partial charge in [-0.05, 0) is 73.1 Å². The summed E-state index contributed by atoms with van der Waals surface area (Å²) in [6.45, 7) is 6.32. The maximum absolute atomic E-state index is 14.0. The number of quaternary nitrogens is 1. The normalized spacial score (nSPS) is 22.3. The van der Waals surface area contributed by atoms with Gasteiger partial charge in [0.25, 0.3) is 6.08 Å². The summed E-state index contributed by atoms with van der Waals surface area (Å²) in [5.74, 6) is 0. The molecule has 1 atom stereocenters. The van der Waals surface area contributed by atoms with Gasteiger partial charge < -0.3 is 8.61 Å². The van der Waals surface area contributed by atoms with Crippen molar-refractivity contribution >= 4 is 8.84 Å². The van der Waals surface area contributed by atoms with Crippen LogP contribution in [0.2, 0.25) is 5.54 Å². The summed E-state index contributed by atoms with van der Waals surface area (Å²) in [5.41, 5.74) is 5.11. The van der Waals surface area contributed by atoms with Gasteiger partial charge in [0.15, 0.2) is 0 Å². The summed E-state index contributed by atoms with van der Waals surface area (Å²) in [6.07, 6.45) is 15.2. The van der Waals surface area contributed by atoms with Crippen molar-refractivity contribution in [1.82, 2.24) is 0 Å². The fourth-order valence-electron chi connectivity index (χ4n) is 4.41. The van der Waals surface area contributed by atoms with Gasteiger partial charge >= 0.3 is 8.84 Å². The van der Waals surface area contributed by atoms with E-state index in [9.17, 15) is 13.2 Å². The predicted octanol–water partition coefficient (Wildman–Crippen LogP) is 6.25. The molecule has 0 N–H and O–H groups in total. The van der Waals surface area contributed by atoms with Crippen LogP contribution < -0.4 is 0 Å². The number of nitrogens with zero attached hydrogens (tertiary/aromatic N) is 1. The molecule has 0 saturated heterocycles. The average Bonchev–Trinajstić information content (AvgIpc) is 2.94. The van der Waals surface area contributed by atoms with Crippen molar-refractivity contribution < 1.29 is 39.1 Å². The van der Waals surface area contributed by atoms with Crippen molar-refractivity contribution in [2.75, 3.05) is 14.1 Å². The van der Waals surface area contributed by atoms with Gasteiger partial charge in [-0.25, -0.2) is 0 Å². The van der Waals surface area contributed by atoms with Gasteiger partial charge in [-0.2, -0.15) is 8.78 Å². The molecule has 0 aromatic rings. The minimum atomic E-state index is -2.16. The number of hydrogen-bond donors (Lipinski definition) is 0. The molecule has 1 unspecified atom stereocenters. The Balaban J connectivity index is 0.00000272. The van der Waals surface area contributed by atoms with Crippen molar-refractivity contribution in [2.45, 2.75) is 44.7 Å². The van der Waals surface area contributed by atoms with Crippen molar-refractivity contribution in [2.24, 2.45) is 0 Å². The van der Waals surface area contributed by atoms with Crippen LogP contribution >= 0.6 is 0 Å². The third kappa shape index (κ3) is 3.91. The van der Waals surface area contributed by atoms with Gasteiger partial charge in [0.05, 0.1) is 19.6 Å². The number of halogens is 2. The molecule has 6 heteroatoms. The number of hydrogen-bond acceptors (Lipinski definition) is 1. The zero-order valence-corrected chi connectivity index (χ0v) is 21.3. The van der Waals surface area contributed by atoms with Crippen molar-refractivity contribution in [3.63, 3.8) is 0 Å². The maximum Gasteiger partial charge on any atom is 0.565 e. The van der Waals surface area contributed by atoms with E-state index in [1.165, 1.54) is 0 Å². The SMILES string of the molecule is CC(C)(C)[N+](C)(C)[Si](=O)C1C=CC=C2CC=CC3=C4C(=CC3=C21)C=CCC4=C(F)F.[Ti]. The van der Waals surface area contributed by atoms with Crippen LogP contribution in [0.1, 0.15) is 33.6 Å². The molecule has 0 radical (unpaired) electrons. The zero-order valence-electron chi connectivity index (χ0n) is 18.7. The first kappa shape index (κ1) is 24.1. The molecule has 0 aromatic heterocycles. The van der Waals surface area contributed by atoms with E-state index in [4.69, 9.17) is 0 Å². The van der Waals surface area contributed by atoms with E-state index in [0.29, 0.717) is 16.1 Å². The third-order valence-electron chi connectivity index (χ3n) is 6.96. The van der Waals surface area contributed by atoms with Gasteiger partial charge in [-0.15, -0.1) is 0 Å². The fraction of sp³-hybridized carbons (Fsp3) is 0.360. The molecule has 0 aromatic carbocycles. The molecule has 0 saturated carbocycles. The summed E-state index contributed by atoms with van der Waals surface area (Å²) < 4.78 is 41.8. The van der Waals surface area contributed by atoms with E-state index in [1.807, 2.05) is 50.6 Å². The molecule has 4 aliphatic rings. The second kappa shape index (κ2) is 8.43. The number of fused-ring (bicyclic) bond motifs is 3. The van der Waals surface area contributed by atoms with Gasteiger partial charge in [-0.1, -0.05) is 42.5 Å². The molecule has 0 spiro atoms. The summed E-state index contributed by atoms with van der Waals surface area (Å²) in [4.78, 5) is 0. The topological polar surface area (TPSA) is 17.1 Å². The minimum Gasteiger partial charge on any atom is -0.328 e. The predicted molar refractivity (Wildman–Crippen MR) is 118 cm³/mol.